The summed E-state index contributed by atoms with van der Waals surface area (Å²) in [7, 11) is 3.09. The molecule has 1 aromatic carbocycles. The van der Waals surface area contributed by atoms with Crippen molar-refractivity contribution in [1.29, 1.82) is 0 Å². The van der Waals surface area contributed by atoms with Gasteiger partial charge in [-0.1, -0.05) is 0 Å². The quantitative estimate of drug-likeness (QED) is 0.623. The van der Waals surface area contributed by atoms with Crippen molar-refractivity contribution in [3.8, 4) is 22.8 Å². The molecular weight excluding hydrogens is 344 g/mol. The summed E-state index contributed by atoms with van der Waals surface area (Å²) >= 11 is 5.27. The van der Waals surface area contributed by atoms with Crippen molar-refractivity contribution in [2.24, 2.45) is 5.73 Å². The maximum absolute atomic E-state index is 11.9. The first-order valence-corrected chi connectivity index (χ1v) is 7.94. The number of amides is 1. The van der Waals surface area contributed by atoms with E-state index in [9.17, 15) is 9.59 Å². The predicted octanol–water partition coefficient (Wildman–Crippen LogP) is 0.665. The number of nitrogens with zero attached hydrogens (tertiary/aromatic N) is 1. The van der Waals surface area contributed by atoms with Crippen LogP contribution in [0, 0.1) is 4.77 Å². The number of hydrogen-bond donors (Lipinski definition) is 3. The highest BCUT2D eigenvalue weighted by Gasteiger charge is 2.13. The standard InChI is InChI=1S/C16H20N4O4S/c1-23-10-3-4-13(24-2)11(7-10)12-8-14(21)19-16(25)20(12)6-5-18-15(22)9-17/h3-4,7-8H,5-6,9,17H2,1-2H3,(H,18,22)(H,19,21,25). The Labute approximate surface area is 149 Å². The Hall–Kier alpha value is -2.65. The van der Waals surface area contributed by atoms with Crippen LogP contribution in [0.1, 0.15) is 0 Å². The van der Waals surface area contributed by atoms with E-state index in [4.69, 9.17) is 27.4 Å². The molecule has 134 valence electrons. The second-order valence-corrected chi connectivity index (χ2v) is 5.48. The maximum Gasteiger partial charge on any atom is 0.252 e. The third kappa shape index (κ3) is 4.46. The lowest BCUT2D eigenvalue weighted by Crippen LogP contribution is -2.33. The van der Waals surface area contributed by atoms with Gasteiger partial charge >= 0.3 is 0 Å². The number of ether oxygens (including phenoxy) is 2. The van der Waals surface area contributed by atoms with Crippen molar-refractivity contribution in [2.45, 2.75) is 6.54 Å². The Morgan fingerprint density at radius 3 is 2.72 bits per heavy atom. The number of carbonyl (C=O) groups excluding carboxylic acids is 1. The van der Waals surface area contributed by atoms with Crippen molar-refractivity contribution in [3.05, 3.63) is 39.4 Å². The topological polar surface area (TPSA) is 111 Å². The Morgan fingerprint density at radius 2 is 2.08 bits per heavy atom. The van der Waals surface area contributed by atoms with Gasteiger partial charge in [-0.2, -0.15) is 0 Å². The Balaban J connectivity index is 2.51. The lowest BCUT2D eigenvalue weighted by atomic mass is 10.1. The van der Waals surface area contributed by atoms with Gasteiger partial charge in [-0.15, -0.1) is 0 Å². The van der Waals surface area contributed by atoms with E-state index in [-0.39, 0.29) is 22.8 Å². The van der Waals surface area contributed by atoms with E-state index in [0.717, 1.165) is 0 Å². The van der Waals surface area contributed by atoms with E-state index >= 15 is 0 Å². The van der Waals surface area contributed by atoms with Crippen molar-refractivity contribution in [1.82, 2.24) is 14.9 Å². The fraction of sp³-hybridized carbons (Fsp3) is 0.312. The van der Waals surface area contributed by atoms with Crippen molar-refractivity contribution >= 4 is 18.1 Å². The van der Waals surface area contributed by atoms with Gasteiger partial charge in [0.25, 0.3) is 5.56 Å². The predicted molar refractivity (Wildman–Crippen MR) is 96.5 cm³/mol. The molecule has 0 aliphatic rings. The van der Waals surface area contributed by atoms with Crippen molar-refractivity contribution in [2.75, 3.05) is 27.3 Å². The van der Waals surface area contributed by atoms with Crippen LogP contribution < -0.4 is 26.1 Å². The number of benzene rings is 1. The van der Waals surface area contributed by atoms with Gasteiger partial charge in [0.2, 0.25) is 5.91 Å². The first kappa shape index (κ1) is 18.7. The fourth-order valence-electron chi connectivity index (χ4n) is 2.36. The van der Waals surface area contributed by atoms with E-state index in [1.54, 1.807) is 37.0 Å². The molecule has 2 aromatic rings. The van der Waals surface area contributed by atoms with Gasteiger partial charge in [0.1, 0.15) is 11.5 Å². The van der Waals surface area contributed by atoms with Crippen LogP contribution in [0.25, 0.3) is 11.3 Å². The summed E-state index contributed by atoms with van der Waals surface area (Å²) in [5, 5.41) is 2.67. The number of H-pyrrole nitrogens is 1. The molecule has 0 unspecified atom stereocenters. The zero-order valence-electron chi connectivity index (χ0n) is 14.0. The van der Waals surface area contributed by atoms with Gasteiger partial charge in [0, 0.05) is 24.7 Å². The van der Waals surface area contributed by atoms with Crippen LogP contribution in [-0.2, 0) is 11.3 Å². The van der Waals surface area contributed by atoms with Crippen LogP contribution in [0.15, 0.2) is 29.1 Å². The van der Waals surface area contributed by atoms with Crippen molar-refractivity contribution < 1.29 is 14.3 Å². The molecule has 0 fully saturated rings. The maximum atomic E-state index is 11.9. The molecule has 0 radical (unpaired) electrons. The third-order valence-electron chi connectivity index (χ3n) is 3.56. The Bertz CT molecular complexity index is 875. The van der Waals surface area contributed by atoms with Crippen LogP contribution >= 0.6 is 12.2 Å². The summed E-state index contributed by atoms with van der Waals surface area (Å²) in [5.41, 5.74) is 6.17. The second-order valence-electron chi connectivity index (χ2n) is 5.10. The zero-order chi connectivity index (χ0) is 18.4. The number of hydrogen-bond acceptors (Lipinski definition) is 6. The first-order chi connectivity index (χ1) is 12.0. The molecule has 1 heterocycles. The first-order valence-electron chi connectivity index (χ1n) is 7.53. The lowest BCUT2D eigenvalue weighted by molar-refractivity contribution is -0.119. The summed E-state index contributed by atoms with van der Waals surface area (Å²) in [6, 6.07) is 6.70. The molecule has 0 aliphatic heterocycles. The second kappa shape index (κ2) is 8.45. The molecule has 0 aliphatic carbocycles. The van der Waals surface area contributed by atoms with Gasteiger partial charge in [-0.05, 0) is 30.4 Å². The Morgan fingerprint density at radius 1 is 1.32 bits per heavy atom. The molecule has 0 saturated carbocycles. The zero-order valence-corrected chi connectivity index (χ0v) is 14.8. The van der Waals surface area contributed by atoms with Gasteiger partial charge in [-0.3, -0.25) is 14.6 Å². The van der Waals surface area contributed by atoms with E-state index in [0.29, 0.717) is 35.8 Å². The lowest BCUT2D eigenvalue weighted by Gasteiger charge is -2.17. The molecule has 9 heteroatoms. The number of nitrogens with one attached hydrogen (secondary N) is 2. The highest BCUT2D eigenvalue weighted by molar-refractivity contribution is 7.71. The number of aromatic nitrogens is 2. The summed E-state index contributed by atoms with van der Waals surface area (Å²) in [4.78, 5) is 25.8. The molecule has 4 N–H and O–H groups in total. The van der Waals surface area contributed by atoms with Gasteiger partial charge in [0.05, 0.1) is 26.5 Å². The minimum atomic E-state index is -0.327. The molecule has 0 saturated heterocycles. The smallest absolute Gasteiger partial charge is 0.252 e. The van der Waals surface area contributed by atoms with E-state index in [1.165, 1.54) is 6.07 Å². The van der Waals surface area contributed by atoms with Crippen LogP contribution in [0.5, 0.6) is 11.5 Å². The monoisotopic (exact) mass is 364 g/mol. The largest absolute Gasteiger partial charge is 0.497 e. The third-order valence-corrected chi connectivity index (χ3v) is 3.88. The van der Waals surface area contributed by atoms with Gasteiger partial charge in [0.15, 0.2) is 4.77 Å². The SMILES string of the molecule is COc1ccc(OC)c(-c2cc(=O)[nH]c(=S)n2CCNC(=O)CN)c1. The number of carbonyl (C=O) groups is 1. The van der Waals surface area contributed by atoms with Crippen LogP contribution in [0.3, 0.4) is 0 Å². The molecule has 2 rings (SSSR count). The number of aromatic amines is 1. The molecule has 25 heavy (non-hydrogen) atoms. The van der Waals surface area contributed by atoms with Crippen LogP contribution in [-0.4, -0.2) is 42.8 Å². The van der Waals surface area contributed by atoms with Crippen LogP contribution in [0.4, 0.5) is 0 Å². The molecular formula is C16H20N4O4S. The number of methoxy groups -OCH3 is 2. The molecule has 0 spiro atoms. The molecule has 8 nitrogen and oxygen atoms in total. The molecule has 0 atom stereocenters. The summed E-state index contributed by atoms with van der Waals surface area (Å²) in [6.45, 7) is 0.584. The molecule has 0 bridgehead atoms. The minimum Gasteiger partial charge on any atom is -0.497 e. The summed E-state index contributed by atoms with van der Waals surface area (Å²) < 4.78 is 12.6. The van der Waals surface area contributed by atoms with Gasteiger partial charge in [-0.25, -0.2) is 0 Å². The molecule has 1 amide bonds. The highest BCUT2D eigenvalue weighted by atomic mass is 32.1. The van der Waals surface area contributed by atoms with E-state index < -0.39 is 0 Å². The van der Waals surface area contributed by atoms with Crippen molar-refractivity contribution in [3.63, 3.8) is 0 Å². The summed E-state index contributed by atoms with van der Waals surface area (Å²) in [6.07, 6.45) is 0. The highest BCUT2D eigenvalue weighted by Crippen LogP contribution is 2.32. The number of rotatable bonds is 7. The van der Waals surface area contributed by atoms with Crippen LogP contribution in [0.2, 0.25) is 0 Å². The van der Waals surface area contributed by atoms with E-state index in [1.807, 2.05) is 0 Å². The minimum absolute atomic E-state index is 0.0897. The molecule has 1 aromatic heterocycles. The Kier molecular flexibility index (Phi) is 6.31. The average molecular weight is 364 g/mol. The fourth-order valence-corrected chi connectivity index (χ4v) is 2.65. The number of nitrogens with two attached hydrogens (primary N) is 1. The van der Waals surface area contributed by atoms with E-state index in [2.05, 4.69) is 10.3 Å². The summed E-state index contributed by atoms with van der Waals surface area (Å²) in [5.74, 6) is 0.919. The average Bonchev–Trinajstić information content (AvgIpc) is 2.62. The van der Waals surface area contributed by atoms with Gasteiger partial charge < -0.3 is 25.1 Å². The normalized spacial score (nSPS) is 10.4.